The fraction of sp³-hybridized carbons (Fsp3) is 0.174. The highest BCUT2D eigenvalue weighted by Gasteiger charge is 2.29. The Morgan fingerprint density at radius 1 is 1.06 bits per heavy atom. The number of nitrogen functional groups attached to an aromatic ring is 1. The van der Waals surface area contributed by atoms with E-state index in [-0.39, 0.29) is 24.6 Å². The van der Waals surface area contributed by atoms with Crippen molar-refractivity contribution < 1.29 is 4.79 Å². The third-order valence-corrected chi connectivity index (χ3v) is 5.31. The van der Waals surface area contributed by atoms with Gasteiger partial charge >= 0.3 is 5.69 Å². The van der Waals surface area contributed by atoms with E-state index in [1.54, 1.807) is 6.92 Å². The molecule has 0 saturated heterocycles. The van der Waals surface area contributed by atoms with E-state index in [0.29, 0.717) is 0 Å². The van der Waals surface area contributed by atoms with Crippen LogP contribution in [0, 0.1) is 0 Å². The van der Waals surface area contributed by atoms with Crippen molar-refractivity contribution in [3.8, 4) is 0 Å². The normalized spacial score (nSPS) is 11.8. The molecule has 3 N–H and O–H groups in total. The van der Waals surface area contributed by atoms with Crippen LogP contribution in [0.3, 0.4) is 0 Å². The largest absolute Gasteiger partial charge is 0.383 e. The zero-order chi connectivity index (χ0) is 23.4. The van der Waals surface area contributed by atoms with Gasteiger partial charge in [-0.05, 0) is 18.1 Å². The van der Waals surface area contributed by atoms with Crippen molar-refractivity contribution in [2.75, 3.05) is 10.6 Å². The molecule has 168 valence electrons. The van der Waals surface area contributed by atoms with Gasteiger partial charge in [0.15, 0.2) is 5.69 Å². The predicted octanol–water partition coefficient (Wildman–Crippen LogP) is 1.55. The Morgan fingerprint density at radius 3 is 2.30 bits per heavy atom. The SMILES string of the molecule is CC(C(=O)N(Cc1ccccc1)c1c(N)n(Cc2ccccc2)c(=O)[nH]c1=O)n1cncn1. The zero-order valence-electron chi connectivity index (χ0n) is 18.0. The highest BCUT2D eigenvalue weighted by molar-refractivity contribution is 5.97. The van der Waals surface area contributed by atoms with Gasteiger partial charge in [0.25, 0.3) is 11.5 Å². The number of carbonyl (C=O) groups is 1. The molecule has 0 fully saturated rings. The van der Waals surface area contributed by atoms with E-state index < -0.39 is 23.2 Å². The molecule has 1 unspecified atom stereocenters. The molecule has 2 aromatic carbocycles. The maximum atomic E-state index is 13.5. The number of H-pyrrole nitrogens is 1. The maximum Gasteiger partial charge on any atom is 0.330 e. The molecule has 0 saturated carbocycles. The zero-order valence-corrected chi connectivity index (χ0v) is 18.0. The van der Waals surface area contributed by atoms with E-state index in [9.17, 15) is 14.4 Å². The number of hydrogen-bond acceptors (Lipinski definition) is 6. The van der Waals surface area contributed by atoms with Crippen LogP contribution in [0.1, 0.15) is 24.1 Å². The number of benzene rings is 2. The van der Waals surface area contributed by atoms with Gasteiger partial charge in [-0.1, -0.05) is 60.7 Å². The number of nitrogens with one attached hydrogen (secondary N) is 1. The van der Waals surface area contributed by atoms with Crippen LogP contribution < -0.4 is 21.9 Å². The molecule has 0 spiro atoms. The predicted molar refractivity (Wildman–Crippen MR) is 124 cm³/mol. The summed E-state index contributed by atoms with van der Waals surface area (Å²) in [4.78, 5) is 46.6. The number of aromatic amines is 1. The maximum absolute atomic E-state index is 13.5. The van der Waals surface area contributed by atoms with E-state index in [0.717, 1.165) is 11.1 Å². The Bertz CT molecular complexity index is 1350. The number of rotatable bonds is 7. The van der Waals surface area contributed by atoms with Crippen LogP contribution in [0.5, 0.6) is 0 Å². The summed E-state index contributed by atoms with van der Waals surface area (Å²) in [5, 5.41) is 4.04. The van der Waals surface area contributed by atoms with Gasteiger partial charge in [0.2, 0.25) is 0 Å². The summed E-state index contributed by atoms with van der Waals surface area (Å²) in [5.41, 5.74) is 6.49. The van der Waals surface area contributed by atoms with Gasteiger partial charge in [0, 0.05) is 0 Å². The van der Waals surface area contributed by atoms with Crippen LogP contribution in [-0.4, -0.2) is 30.2 Å². The van der Waals surface area contributed by atoms with Crippen LogP contribution in [0.25, 0.3) is 0 Å². The third-order valence-electron chi connectivity index (χ3n) is 5.31. The first-order valence-electron chi connectivity index (χ1n) is 10.3. The molecule has 4 rings (SSSR count). The molecule has 0 bridgehead atoms. The molecule has 2 heterocycles. The van der Waals surface area contributed by atoms with E-state index in [2.05, 4.69) is 15.1 Å². The third kappa shape index (κ3) is 4.59. The molecule has 10 heteroatoms. The molecule has 33 heavy (non-hydrogen) atoms. The molecule has 2 aromatic heterocycles. The molecule has 1 amide bonds. The summed E-state index contributed by atoms with van der Waals surface area (Å²) in [7, 11) is 0. The van der Waals surface area contributed by atoms with Gasteiger partial charge in [0.1, 0.15) is 24.5 Å². The van der Waals surface area contributed by atoms with Crippen molar-refractivity contribution in [1.29, 1.82) is 0 Å². The van der Waals surface area contributed by atoms with Crippen LogP contribution >= 0.6 is 0 Å². The minimum Gasteiger partial charge on any atom is -0.383 e. The lowest BCUT2D eigenvalue weighted by Gasteiger charge is -2.27. The summed E-state index contributed by atoms with van der Waals surface area (Å²) >= 11 is 0. The molecule has 0 aliphatic heterocycles. The van der Waals surface area contributed by atoms with Crippen LogP contribution in [0.15, 0.2) is 82.9 Å². The Kier molecular flexibility index (Phi) is 6.16. The minimum absolute atomic E-state index is 0.0789. The first-order valence-corrected chi connectivity index (χ1v) is 10.3. The lowest BCUT2D eigenvalue weighted by Crippen LogP contribution is -2.43. The summed E-state index contributed by atoms with van der Waals surface area (Å²) < 4.78 is 2.64. The van der Waals surface area contributed by atoms with Gasteiger partial charge in [-0.3, -0.25) is 24.0 Å². The van der Waals surface area contributed by atoms with Gasteiger partial charge in [-0.15, -0.1) is 0 Å². The summed E-state index contributed by atoms with van der Waals surface area (Å²) in [5.74, 6) is -0.519. The van der Waals surface area contributed by atoms with E-state index in [1.807, 2.05) is 60.7 Å². The number of nitrogens with two attached hydrogens (primary N) is 1. The molecule has 4 aromatic rings. The lowest BCUT2D eigenvalue weighted by atomic mass is 10.1. The Labute approximate surface area is 188 Å². The monoisotopic (exact) mass is 445 g/mol. The van der Waals surface area contributed by atoms with Crippen LogP contribution in [0.4, 0.5) is 11.5 Å². The van der Waals surface area contributed by atoms with Crippen molar-refractivity contribution >= 4 is 17.4 Å². The first-order chi connectivity index (χ1) is 16.0. The second-order valence-corrected chi connectivity index (χ2v) is 7.53. The highest BCUT2D eigenvalue weighted by atomic mass is 16.2. The fourth-order valence-corrected chi connectivity index (χ4v) is 3.55. The van der Waals surface area contributed by atoms with E-state index in [4.69, 9.17) is 5.73 Å². The highest BCUT2D eigenvalue weighted by Crippen LogP contribution is 2.23. The molecular formula is C23H23N7O3. The topological polar surface area (TPSA) is 132 Å². The molecule has 0 aliphatic rings. The summed E-state index contributed by atoms with van der Waals surface area (Å²) in [6.45, 7) is 1.87. The van der Waals surface area contributed by atoms with Crippen molar-refractivity contribution in [3.63, 3.8) is 0 Å². The first kappa shape index (κ1) is 21.8. The minimum atomic E-state index is -0.760. The van der Waals surface area contributed by atoms with E-state index in [1.165, 1.54) is 26.8 Å². The number of anilines is 2. The van der Waals surface area contributed by atoms with Crippen molar-refractivity contribution in [2.24, 2.45) is 0 Å². The van der Waals surface area contributed by atoms with Gasteiger partial charge < -0.3 is 5.73 Å². The quantitative estimate of drug-likeness (QED) is 0.444. The van der Waals surface area contributed by atoms with Crippen LogP contribution in [0.2, 0.25) is 0 Å². The van der Waals surface area contributed by atoms with Gasteiger partial charge in [-0.2, -0.15) is 5.10 Å². The smallest absolute Gasteiger partial charge is 0.330 e. The fourth-order valence-electron chi connectivity index (χ4n) is 3.55. The Hall–Kier alpha value is -4.47. The summed E-state index contributed by atoms with van der Waals surface area (Å²) in [6, 6.07) is 17.7. The molecular weight excluding hydrogens is 422 g/mol. The average Bonchev–Trinajstić information content (AvgIpc) is 3.36. The Morgan fingerprint density at radius 2 is 1.70 bits per heavy atom. The average molecular weight is 445 g/mol. The van der Waals surface area contributed by atoms with E-state index >= 15 is 0 Å². The molecule has 0 radical (unpaired) electrons. The summed E-state index contributed by atoms with van der Waals surface area (Å²) in [6.07, 6.45) is 2.75. The number of nitrogens with zero attached hydrogens (tertiary/aromatic N) is 5. The van der Waals surface area contributed by atoms with Crippen molar-refractivity contribution in [1.82, 2.24) is 24.3 Å². The molecule has 0 aliphatic carbocycles. The van der Waals surface area contributed by atoms with Gasteiger partial charge in [0.05, 0.1) is 13.1 Å². The number of aromatic nitrogens is 5. The van der Waals surface area contributed by atoms with Gasteiger partial charge in [-0.25, -0.2) is 14.5 Å². The second kappa shape index (κ2) is 9.35. The number of hydrogen-bond donors (Lipinski definition) is 2. The molecule has 1 atom stereocenters. The Balaban J connectivity index is 1.82. The lowest BCUT2D eigenvalue weighted by molar-refractivity contribution is -0.121. The van der Waals surface area contributed by atoms with Crippen molar-refractivity contribution in [3.05, 3.63) is 105 Å². The van der Waals surface area contributed by atoms with Crippen LogP contribution in [-0.2, 0) is 17.9 Å². The standard InChI is InChI=1S/C23H23N7O3/c1-16(30-15-25-14-26-30)22(32)28(12-17-8-4-2-5-9-17)19-20(24)29(23(33)27-21(19)31)13-18-10-6-3-7-11-18/h2-11,14-16H,12-13,24H2,1H3,(H,27,31,33). The second-order valence-electron chi connectivity index (χ2n) is 7.53. The number of carbonyl (C=O) groups excluding carboxylic acids is 1. The number of amides is 1. The van der Waals surface area contributed by atoms with Crippen molar-refractivity contribution in [2.45, 2.75) is 26.1 Å². The molecule has 10 nitrogen and oxygen atoms in total.